The van der Waals surface area contributed by atoms with Crippen molar-refractivity contribution in [3.8, 4) is 0 Å². The van der Waals surface area contributed by atoms with Crippen LogP contribution in [0.1, 0.15) is 38.9 Å². The molecule has 374 valence electrons. The van der Waals surface area contributed by atoms with Crippen molar-refractivity contribution in [3.05, 3.63) is 251 Å². The van der Waals surface area contributed by atoms with Gasteiger partial charge in [0.15, 0.2) is 12.6 Å². The molecular formula is C61H64O11. The molecule has 2 aliphatic rings. The highest BCUT2D eigenvalue weighted by molar-refractivity contribution is 5.19. The van der Waals surface area contributed by atoms with Gasteiger partial charge in [-0.2, -0.15) is 0 Å². The second-order valence-corrected chi connectivity index (χ2v) is 18.0. The van der Waals surface area contributed by atoms with E-state index in [2.05, 4.69) is 0 Å². The quantitative estimate of drug-likeness (QED) is 0.0591. The van der Waals surface area contributed by atoms with E-state index in [1.54, 1.807) is 0 Å². The first-order valence-corrected chi connectivity index (χ1v) is 24.8. The van der Waals surface area contributed by atoms with Crippen LogP contribution in [0, 0.1) is 0 Å². The summed E-state index contributed by atoms with van der Waals surface area (Å²) in [6.07, 6.45) is -9.48. The Hall–Kier alpha value is -5.90. The van der Waals surface area contributed by atoms with Gasteiger partial charge in [-0.05, 0) is 38.9 Å². The highest BCUT2D eigenvalue weighted by atomic mass is 16.8. The number of benzene rings is 7. The summed E-state index contributed by atoms with van der Waals surface area (Å²) in [6.45, 7) is 2.01. The van der Waals surface area contributed by atoms with Crippen LogP contribution in [0.2, 0.25) is 0 Å². The molecule has 0 aliphatic carbocycles. The molecule has 2 fully saturated rings. The van der Waals surface area contributed by atoms with Crippen LogP contribution in [-0.2, 0) is 93.6 Å². The smallest absolute Gasteiger partial charge is 0.187 e. The van der Waals surface area contributed by atoms with E-state index in [0.29, 0.717) is 13.2 Å². The largest absolute Gasteiger partial charge is 0.374 e. The lowest BCUT2D eigenvalue weighted by atomic mass is 9.96. The zero-order chi connectivity index (χ0) is 49.0. The number of rotatable bonds is 25. The Morgan fingerprint density at radius 1 is 0.292 bits per heavy atom. The van der Waals surface area contributed by atoms with Gasteiger partial charge in [0, 0.05) is 0 Å². The van der Waals surface area contributed by atoms with E-state index >= 15 is 0 Å². The molecule has 0 saturated carbocycles. The van der Waals surface area contributed by atoms with E-state index in [1.807, 2.05) is 212 Å². The first-order chi connectivity index (χ1) is 35.6. The third kappa shape index (κ3) is 14.8. The van der Waals surface area contributed by atoms with Crippen molar-refractivity contribution >= 4 is 0 Å². The summed E-state index contributed by atoms with van der Waals surface area (Å²) in [6, 6.07) is 69.6. The minimum Gasteiger partial charge on any atom is -0.374 e. The highest BCUT2D eigenvalue weighted by Crippen LogP contribution is 2.36. The zero-order valence-electron chi connectivity index (χ0n) is 40.4. The molecule has 4 unspecified atom stereocenters. The predicted molar refractivity (Wildman–Crippen MR) is 272 cm³/mol. The summed E-state index contributed by atoms with van der Waals surface area (Å²) in [7, 11) is 0. The van der Waals surface area contributed by atoms with E-state index in [-0.39, 0.29) is 46.2 Å². The molecule has 11 heteroatoms. The topological polar surface area (TPSA) is 113 Å². The maximum Gasteiger partial charge on any atom is 0.187 e. The summed E-state index contributed by atoms with van der Waals surface area (Å²) in [5.74, 6) is 0. The molecule has 7 aromatic carbocycles. The van der Waals surface area contributed by atoms with Gasteiger partial charge in [-0.25, -0.2) is 0 Å². The second-order valence-electron chi connectivity index (χ2n) is 18.0. The fourth-order valence-corrected chi connectivity index (χ4v) is 8.98. The summed E-state index contributed by atoms with van der Waals surface area (Å²) < 4.78 is 68.3. The normalized spacial score (nSPS) is 24.2. The minimum atomic E-state index is -1.52. The second kappa shape index (κ2) is 27.2. The average molecular weight is 973 g/mol. The molecule has 0 bridgehead atoms. The maximum atomic E-state index is 12.3. The molecule has 2 saturated heterocycles. The van der Waals surface area contributed by atoms with Crippen LogP contribution >= 0.6 is 0 Å². The number of ether oxygens (including phenoxy) is 10. The lowest BCUT2D eigenvalue weighted by Crippen LogP contribution is -2.66. The Bertz CT molecular complexity index is 2550. The van der Waals surface area contributed by atoms with E-state index < -0.39 is 61.4 Å². The van der Waals surface area contributed by atoms with Gasteiger partial charge < -0.3 is 52.5 Å². The first kappa shape index (κ1) is 51.0. The monoisotopic (exact) mass is 972 g/mol. The van der Waals surface area contributed by atoms with Crippen LogP contribution in [0.15, 0.2) is 212 Å². The van der Waals surface area contributed by atoms with Crippen LogP contribution in [0.4, 0.5) is 0 Å². The van der Waals surface area contributed by atoms with Crippen molar-refractivity contribution in [2.24, 2.45) is 0 Å². The number of hydrogen-bond acceptors (Lipinski definition) is 11. The van der Waals surface area contributed by atoms with Gasteiger partial charge in [0.1, 0.15) is 48.8 Å². The lowest BCUT2D eigenvalue weighted by molar-refractivity contribution is -0.379. The molecule has 0 radical (unpaired) electrons. The van der Waals surface area contributed by atoms with Crippen molar-refractivity contribution in [2.45, 2.75) is 108 Å². The van der Waals surface area contributed by atoms with E-state index in [4.69, 9.17) is 47.4 Å². The standard InChI is InChI=1S/C61H64O11/c62-60-58(56(67-40-49-30-16-5-17-31-49)54(65-38-47-26-12-3-13-27-47)52(70-60)43-63-36-45-22-8-1-9-23-45)72-61-59(69-42-51-34-20-7-21-35-51)57(68-41-50-32-18-6-19-33-50)55(66-39-48-28-14-4-15-29-48)53(71-61)44-64-37-46-24-10-2-11-25-46/h1-35,52-62H,36-44H2/t52?,53?,54-,55-,56-,57-,58?,59?,60+,61-/m0/s1. The predicted octanol–water partition coefficient (Wildman–Crippen LogP) is 10.2. The average Bonchev–Trinajstić information content (AvgIpc) is 3.43. The highest BCUT2D eigenvalue weighted by Gasteiger charge is 2.54. The summed E-state index contributed by atoms with van der Waals surface area (Å²) in [5.41, 5.74) is 6.77. The Labute approximate surface area is 423 Å². The summed E-state index contributed by atoms with van der Waals surface area (Å²) in [4.78, 5) is 0. The van der Waals surface area contributed by atoms with E-state index in [1.165, 1.54) is 0 Å². The van der Waals surface area contributed by atoms with Crippen molar-refractivity contribution in [3.63, 3.8) is 0 Å². The Balaban J connectivity index is 1.07. The van der Waals surface area contributed by atoms with Crippen molar-refractivity contribution in [1.29, 1.82) is 0 Å². The van der Waals surface area contributed by atoms with Crippen LogP contribution < -0.4 is 0 Å². The number of aliphatic hydroxyl groups excluding tert-OH is 1. The molecule has 10 atom stereocenters. The van der Waals surface area contributed by atoms with Crippen molar-refractivity contribution in [1.82, 2.24) is 0 Å². The molecule has 0 spiro atoms. The molecule has 2 heterocycles. The molecule has 1 N–H and O–H groups in total. The maximum absolute atomic E-state index is 12.3. The van der Waals surface area contributed by atoms with Gasteiger partial charge in [-0.1, -0.05) is 212 Å². The van der Waals surface area contributed by atoms with Gasteiger partial charge in [0.25, 0.3) is 0 Å². The zero-order valence-corrected chi connectivity index (χ0v) is 40.4. The SMILES string of the molecule is O[C@@H]1OC(COCc2ccccc2)[C@H](OCc2ccccc2)[C@H](OCc2ccccc2)C1O[C@@H]1OC(COCc2ccccc2)[C@H](OCc2ccccc2)[C@H](OCc2ccccc2)C1OCc1ccccc1. The molecule has 72 heavy (non-hydrogen) atoms. The fourth-order valence-electron chi connectivity index (χ4n) is 8.98. The van der Waals surface area contributed by atoms with Gasteiger partial charge in [0.2, 0.25) is 0 Å². The van der Waals surface area contributed by atoms with Gasteiger partial charge >= 0.3 is 0 Å². The fraction of sp³-hybridized carbons (Fsp3) is 0.311. The number of hydrogen-bond donors (Lipinski definition) is 1. The molecule has 2 aliphatic heterocycles. The van der Waals surface area contributed by atoms with Crippen molar-refractivity contribution in [2.75, 3.05) is 13.2 Å². The van der Waals surface area contributed by atoms with Gasteiger partial charge in [-0.15, -0.1) is 0 Å². The lowest BCUT2D eigenvalue weighted by Gasteiger charge is -2.49. The first-order valence-electron chi connectivity index (χ1n) is 24.8. The Morgan fingerprint density at radius 3 is 0.889 bits per heavy atom. The molecule has 0 aromatic heterocycles. The molecule has 7 aromatic rings. The van der Waals surface area contributed by atoms with Crippen LogP contribution in [-0.4, -0.2) is 79.7 Å². The molecular weight excluding hydrogens is 909 g/mol. The van der Waals surface area contributed by atoms with Crippen LogP contribution in [0.25, 0.3) is 0 Å². The number of aliphatic hydroxyl groups is 1. The van der Waals surface area contributed by atoms with Gasteiger partial charge in [0.05, 0.1) is 59.5 Å². The van der Waals surface area contributed by atoms with Crippen LogP contribution in [0.5, 0.6) is 0 Å². The van der Waals surface area contributed by atoms with Gasteiger partial charge in [-0.3, -0.25) is 0 Å². The molecule has 0 amide bonds. The van der Waals surface area contributed by atoms with E-state index in [0.717, 1.165) is 38.9 Å². The third-order valence-electron chi connectivity index (χ3n) is 12.7. The minimum absolute atomic E-state index is 0.0999. The van der Waals surface area contributed by atoms with E-state index in [9.17, 15) is 5.11 Å². The third-order valence-corrected chi connectivity index (χ3v) is 12.7. The summed E-state index contributed by atoms with van der Waals surface area (Å²) >= 11 is 0. The Morgan fingerprint density at radius 2 is 0.556 bits per heavy atom. The summed E-state index contributed by atoms with van der Waals surface area (Å²) in [5, 5.41) is 12.3. The van der Waals surface area contributed by atoms with Crippen molar-refractivity contribution < 1.29 is 52.5 Å². The van der Waals surface area contributed by atoms with Crippen LogP contribution in [0.3, 0.4) is 0 Å². The Kier molecular flexibility index (Phi) is 19.3. The molecule has 9 rings (SSSR count). The molecule has 11 nitrogen and oxygen atoms in total.